The van der Waals surface area contributed by atoms with Gasteiger partial charge in [-0.3, -0.25) is 13.9 Å². The molecule has 0 spiro atoms. The van der Waals surface area contributed by atoms with Gasteiger partial charge >= 0.3 is 5.69 Å². The van der Waals surface area contributed by atoms with Gasteiger partial charge in [0, 0.05) is 43.6 Å². The van der Waals surface area contributed by atoms with Crippen LogP contribution in [0.3, 0.4) is 0 Å². The molecule has 3 heterocycles. The minimum atomic E-state index is -0.264. The Balaban J connectivity index is 1.99. The highest BCUT2D eigenvalue weighted by atomic mass is 16.2. The monoisotopic (exact) mass is 398 g/mol. The lowest BCUT2D eigenvalue weighted by atomic mass is 10.2. The van der Waals surface area contributed by atoms with Crippen LogP contribution in [0.2, 0.25) is 0 Å². The fourth-order valence-electron chi connectivity index (χ4n) is 3.37. The molecule has 156 valence electrons. The Bertz CT molecular complexity index is 1080. The second kappa shape index (κ2) is 9.09. The standard InChI is InChI=1S/C21H30N6O2/c1-5-10-26-17-13-16(24-19(17)20(28)27(11-6-2)21(26)29)15-7-8-18(23-14-15)22-9-12-25(3)4/h7-8,13-14,24H,5-6,9-12H2,1-4H3,(H,22,23). The first-order valence-corrected chi connectivity index (χ1v) is 10.2. The highest BCUT2D eigenvalue weighted by Crippen LogP contribution is 2.22. The van der Waals surface area contributed by atoms with Crippen molar-refractivity contribution >= 4 is 16.9 Å². The second-order valence-corrected chi connectivity index (χ2v) is 7.50. The van der Waals surface area contributed by atoms with Gasteiger partial charge in [-0.05, 0) is 45.1 Å². The molecule has 0 fully saturated rings. The molecule has 3 aromatic heterocycles. The number of H-pyrrole nitrogens is 1. The summed E-state index contributed by atoms with van der Waals surface area (Å²) < 4.78 is 3.02. The second-order valence-electron chi connectivity index (χ2n) is 7.50. The number of rotatable bonds is 9. The zero-order valence-electron chi connectivity index (χ0n) is 17.7. The molecule has 8 heteroatoms. The molecule has 0 aliphatic heterocycles. The van der Waals surface area contributed by atoms with E-state index in [2.05, 4.69) is 20.2 Å². The SMILES string of the molecule is CCCn1c(=O)c2[nH]c(-c3ccc(NCCN(C)C)nc3)cc2n(CCC)c1=O. The van der Waals surface area contributed by atoms with Gasteiger partial charge in [0.25, 0.3) is 5.56 Å². The fourth-order valence-corrected chi connectivity index (χ4v) is 3.37. The summed E-state index contributed by atoms with van der Waals surface area (Å²) in [7, 11) is 4.06. The largest absolute Gasteiger partial charge is 0.369 e. The predicted molar refractivity (Wildman–Crippen MR) is 118 cm³/mol. The molecular formula is C21H30N6O2. The van der Waals surface area contributed by atoms with Crippen LogP contribution in [0.4, 0.5) is 5.82 Å². The Morgan fingerprint density at radius 1 is 1.10 bits per heavy atom. The van der Waals surface area contributed by atoms with Gasteiger partial charge in [-0.25, -0.2) is 9.78 Å². The number of hydrogen-bond acceptors (Lipinski definition) is 5. The van der Waals surface area contributed by atoms with E-state index in [-0.39, 0.29) is 11.2 Å². The van der Waals surface area contributed by atoms with Crippen LogP contribution in [-0.4, -0.2) is 51.2 Å². The van der Waals surface area contributed by atoms with Crippen molar-refractivity contribution in [2.45, 2.75) is 39.8 Å². The highest BCUT2D eigenvalue weighted by Gasteiger charge is 2.16. The van der Waals surface area contributed by atoms with E-state index in [0.29, 0.717) is 24.1 Å². The Hall–Kier alpha value is -2.87. The minimum absolute atomic E-state index is 0.240. The maximum atomic E-state index is 12.9. The molecular weight excluding hydrogens is 368 g/mol. The molecule has 0 atom stereocenters. The average Bonchev–Trinajstić information content (AvgIpc) is 3.14. The number of likely N-dealkylation sites (N-methyl/N-ethyl adjacent to an activating group) is 1. The van der Waals surface area contributed by atoms with E-state index in [0.717, 1.165) is 43.0 Å². The third kappa shape index (κ3) is 4.42. The van der Waals surface area contributed by atoms with Gasteiger partial charge in [-0.2, -0.15) is 0 Å². The summed E-state index contributed by atoms with van der Waals surface area (Å²) in [5.41, 5.74) is 2.27. The maximum absolute atomic E-state index is 12.9. The minimum Gasteiger partial charge on any atom is -0.369 e. The summed E-state index contributed by atoms with van der Waals surface area (Å²) >= 11 is 0. The normalized spacial score (nSPS) is 11.5. The van der Waals surface area contributed by atoms with Gasteiger partial charge in [-0.15, -0.1) is 0 Å². The first kappa shape index (κ1) is 20.9. The van der Waals surface area contributed by atoms with Gasteiger partial charge in [0.2, 0.25) is 0 Å². The molecule has 0 saturated heterocycles. The van der Waals surface area contributed by atoms with Crippen molar-refractivity contribution in [2.75, 3.05) is 32.5 Å². The van der Waals surface area contributed by atoms with Crippen LogP contribution in [0.1, 0.15) is 26.7 Å². The Kier molecular flexibility index (Phi) is 6.53. The van der Waals surface area contributed by atoms with Crippen molar-refractivity contribution in [2.24, 2.45) is 0 Å². The summed E-state index contributed by atoms with van der Waals surface area (Å²) in [4.78, 5) is 35.5. The number of aromatic nitrogens is 4. The molecule has 0 unspecified atom stereocenters. The first-order chi connectivity index (χ1) is 14.0. The Morgan fingerprint density at radius 2 is 1.83 bits per heavy atom. The van der Waals surface area contributed by atoms with E-state index in [4.69, 9.17) is 0 Å². The molecule has 0 bridgehead atoms. The number of anilines is 1. The van der Waals surface area contributed by atoms with Crippen molar-refractivity contribution in [1.82, 2.24) is 24.0 Å². The number of nitrogens with one attached hydrogen (secondary N) is 2. The van der Waals surface area contributed by atoms with Crippen LogP contribution < -0.4 is 16.6 Å². The van der Waals surface area contributed by atoms with E-state index >= 15 is 0 Å². The molecule has 0 saturated carbocycles. The molecule has 2 N–H and O–H groups in total. The van der Waals surface area contributed by atoms with Crippen LogP contribution in [-0.2, 0) is 13.1 Å². The summed E-state index contributed by atoms with van der Waals surface area (Å²) in [5.74, 6) is 0.805. The van der Waals surface area contributed by atoms with E-state index in [1.165, 1.54) is 4.57 Å². The van der Waals surface area contributed by atoms with Crippen LogP contribution in [0.15, 0.2) is 34.0 Å². The van der Waals surface area contributed by atoms with Crippen molar-refractivity contribution in [3.8, 4) is 11.3 Å². The summed E-state index contributed by atoms with van der Waals surface area (Å²) in [6, 6.07) is 5.76. The quantitative estimate of drug-likeness (QED) is 0.578. The lowest BCUT2D eigenvalue weighted by Gasteiger charge is -2.10. The van der Waals surface area contributed by atoms with Crippen molar-refractivity contribution in [3.05, 3.63) is 45.2 Å². The van der Waals surface area contributed by atoms with Gasteiger partial charge in [0.1, 0.15) is 11.3 Å². The van der Waals surface area contributed by atoms with E-state index < -0.39 is 0 Å². The lowest BCUT2D eigenvalue weighted by molar-refractivity contribution is 0.425. The molecule has 0 aromatic carbocycles. The smallest absolute Gasteiger partial charge is 0.331 e. The number of pyridine rings is 1. The number of aryl methyl sites for hydroxylation is 1. The summed E-state index contributed by atoms with van der Waals surface area (Å²) in [6.45, 7) is 6.70. The van der Waals surface area contributed by atoms with Gasteiger partial charge in [-0.1, -0.05) is 13.8 Å². The van der Waals surface area contributed by atoms with Crippen LogP contribution in [0.25, 0.3) is 22.3 Å². The van der Waals surface area contributed by atoms with Crippen LogP contribution >= 0.6 is 0 Å². The third-order valence-electron chi connectivity index (χ3n) is 4.84. The molecule has 0 radical (unpaired) electrons. The fraction of sp³-hybridized carbons (Fsp3) is 0.476. The number of nitrogens with zero attached hydrogens (tertiary/aromatic N) is 4. The summed E-state index contributed by atoms with van der Waals surface area (Å²) in [6.07, 6.45) is 3.32. The number of hydrogen-bond donors (Lipinski definition) is 2. The highest BCUT2D eigenvalue weighted by molar-refractivity contribution is 5.82. The van der Waals surface area contributed by atoms with Crippen molar-refractivity contribution < 1.29 is 0 Å². The number of fused-ring (bicyclic) bond motifs is 1. The van der Waals surface area contributed by atoms with Gasteiger partial charge in [0.05, 0.1) is 5.52 Å². The molecule has 0 aliphatic rings. The average molecular weight is 399 g/mol. The lowest BCUT2D eigenvalue weighted by Crippen LogP contribution is -2.39. The van der Waals surface area contributed by atoms with E-state index in [1.807, 2.05) is 46.1 Å². The van der Waals surface area contributed by atoms with Crippen molar-refractivity contribution in [1.29, 1.82) is 0 Å². The Morgan fingerprint density at radius 3 is 2.45 bits per heavy atom. The zero-order chi connectivity index (χ0) is 21.0. The Labute approximate surface area is 170 Å². The van der Waals surface area contributed by atoms with Crippen molar-refractivity contribution in [3.63, 3.8) is 0 Å². The first-order valence-electron chi connectivity index (χ1n) is 10.2. The summed E-state index contributed by atoms with van der Waals surface area (Å²) in [5, 5.41) is 3.28. The van der Waals surface area contributed by atoms with E-state index in [9.17, 15) is 9.59 Å². The van der Waals surface area contributed by atoms with Crippen LogP contribution in [0.5, 0.6) is 0 Å². The molecule has 0 aliphatic carbocycles. The number of aromatic amines is 1. The zero-order valence-corrected chi connectivity index (χ0v) is 17.7. The molecule has 0 amide bonds. The molecule has 8 nitrogen and oxygen atoms in total. The third-order valence-corrected chi connectivity index (χ3v) is 4.84. The van der Waals surface area contributed by atoms with Crippen LogP contribution in [0, 0.1) is 0 Å². The van der Waals surface area contributed by atoms with E-state index in [1.54, 1.807) is 10.8 Å². The predicted octanol–water partition coefficient (Wildman–Crippen LogP) is 2.35. The maximum Gasteiger partial charge on any atom is 0.331 e. The molecule has 29 heavy (non-hydrogen) atoms. The van der Waals surface area contributed by atoms with Gasteiger partial charge < -0.3 is 15.2 Å². The molecule has 3 aromatic rings. The van der Waals surface area contributed by atoms with Gasteiger partial charge in [0.15, 0.2) is 0 Å². The topological polar surface area (TPSA) is 87.9 Å². The molecule has 3 rings (SSSR count).